The van der Waals surface area contributed by atoms with Crippen LogP contribution in [0.1, 0.15) is 11.4 Å². The van der Waals surface area contributed by atoms with Crippen LogP contribution in [0.4, 0.5) is 0 Å². The normalized spacial score (nSPS) is 30.4. The van der Waals surface area contributed by atoms with E-state index in [1.807, 2.05) is 6.92 Å². The van der Waals surface area contributed by atoms with Gasteiger partial charge in [-0.05, 0) is 19.3 Å². The van der Waals surface area contributed by atoms with Crippen LogP contribution in [0.3, 0.4) is 0 Å². The molecule has 3 aliphatic rings. The number of hydrogen-bond donors (Lipinski definition) is 2. The maximum absolute atomic E-state index is 12.1. The summed E-state index contributed by atoms with van der Waals surface area (Å²) in [7, 11) is 0. The Kier molecular flexibility index (Phi) is 2.85. The van der Waals surface area contributed by atoms with Gasteiger partial charge in [-0.25, -0.2) is 4.79 Å². The average Bonchev–Trinajstić information content (AvgIpc) is 3.01. The van der Waals surface area contributed by atoms with E-state index in [2.05, 4.69) is 15.5 Å². The Morgan fingerprint density at radius 1 is 1.52 bits per heavy atom. The molecule has 0 radical (unpaired) electrons. The van der Waals surface area contributed by atoms with Crippen molar-refractivity contribution >= 4 is 35.0 Å². The number of aromatic nitrogens is 2. The third-order valence-electron chi connectivity index (χ3n) is 4.10. The van der Waals surface area contributed by atoms with Crippen molar-refractivity contribution in [1.29, 1.82) is 0 Å². The summed E-state index contributed by atoms with van der Waals surface area (Å²) < 4.78 is 0.718. The highest BCUT2D eigenvalue weighted by Gasteiger charge is 2.59. The van der Waals surface area contributed by atoms with Crippen LogP contribution < -0.4 is 5.32 Å². The number of nitrogens with zero attached hydrogens (tertiary/aromatic N) is 3. The summed E-state index contributed by atoms with van der Waals surface area (Å²) in [6.45, 7) is 2.61. The summed E-state index contributed by atoms with van der Waals surface area (Å²) in [4.78, 5) is 25.9. The fourth-order valence-corrected chi connectivity index (χ4v) is 5.38. The predicted molar refractivity (Wildman–Crippen MR) is 75.7 cm³/mol. The number of β-lactam (4-membered cyclic amide) rings is 1. The Morgan fingerprint density at radius 2 is 2.33 bits per heavy atom. The summed E-state index contributed by atoms with van der Waals surface area (Å²) in [5, 5.41) is 21.5. The Morgan fingerprint density at radius 3 is 3.00 bits per heavy atom. The standard InChI is InChI=1S/C12H12N4O3S2/c1-4-14-15-12(20-4)21-6-2-5-3-13-7-8(5)16(10(7)17)9(6)11(18)19/h5,7-8,13H,2-3H2,1H3,(H,18,19)/t5-,7+,8-/m1/s1. The van der Waals surface area contributed by atoms with Crippen molar-refractivity contribution < 1.29 is 14.7 Å². The zero-order valence-corrected chi connectivity index (χ0v) is 12.7. The highest BCUT2D eigenvalue weighted by molar-refractivity contribution is 8.04. The molecule has 4 heterocycles. The Labute approximate surface area is 128 Å². The van der Waals surface area contributed by atoms with Gasteiger partial charge in [0.2, 0.25) is 5.91 Å². The van der Waals surface area contributed by atoms with E-state index in [9.17, 15) is 14.7 Å². The van der Waals surface area contributed by atoms with Gasteiger partial charge in [0, 0.05) is 11.4 Å². The third kappa shape index (κ3) is 1.84. The summed E-state index contributed by atoms with van der Waals surface area (Å²) in [6, 6.07) is -0.191. The molecule has 3 atom stereocenters. The third-order valence-corrected chi connectivity index (χ3v) is 6.10. The second-order valence-corrected chi connectivity index (χ2v) is 7.84. The smallest absolute Gasteiger partial charge is 0.353 e. The predicted octanol–water partition coefficient (Wildman–Crippen LogP) is 0.437. The lowest BCUT2D eigenvalue weighted by Crippen LogP contribution is -2.68. The minimum absolute atomic E-state index is 0.00380. The molecule has 7 nitrogen and oxygen atoms in total. The number of amides is 1. The minimum atomic E-state index is -1.05. The number of aryl methyl sites for hydroxylation is 1. The molecule has 0 aliphatic carbocycles. The summed E-state index contributed by atoms with van der Waals surface area (Å²) in [5.74, 6) is -0.894. The second kappa shape index (κ2) is 4.52. The lowest BCUT2D eigenvalue weighted by molar-refractivity contribution is -0.153. The van der Waals surface area contributed by atoms with Gasteiger partial charge in [0.05, 0.1) is 6.04 Å². The quantitative estimate of drug-likeness (QED) is 0.779. The van der Waals surface area contributed by atoms with Crippen LogP contribution >= 0.6 is 23.1 Å². The van der Waals surface area contributed by atoms with E-state index in [4.69, 9.17) is 0 Å². The summed E-state index contributed by atoms with van der Waals surface area (Å²) >= 11 is 2.75. The molecule has 0 unspecified atom stereocenters. The molecule has 4 rings (SSSR count). The minimum Gasteiger partial charge on any atom is -0.477 e. The van der Waals surface area contributed by atoms with Gasteiger partial charge < -0.3 is 10.4 Å². The Bertz CT molecular complexity index is 686. The zero-order valence-electron chi connectivity index (χ0n) is 11.1. The number of carboxylic acid groups (broad SMARTS) is 1. The van der Waals surface area contributed by atoms with Crippen LogP contribution in [-0.4, -0.2) is 50.7 Å². The highest BCUT2D eigenvalue weighted by Crippen LogP contribution is 2.47. The van der Waals surface area contributed by atoms with Crippen molar-refractivity contribution in [2.45, 2.75) is 29.8 Å². The second-order valence-electron chi connectivity index (χ2n) is 5.31. The molecule has 0 bridgehead atoms. The Hall–Kier alpha value is -1.45. The number of rotatable bonds is 3. The molecule has 2 saturated heterocycles. The average molecular weight is 324 g/mol. The van der Waals surface area contributed by atoms with Crippen LogP contribution in [0.25, 0.3) is 0 Å². The highest BCUT2D eigenvalue weighted by atomic mass is 32.2. The fraction of sp³-hybridized carbons (Fsp3) is 0.500. The SMILES string of the molecule is Cc1nnc(SC2=C(C(=O)O)N3C(=O)[C@H]4NC[C@@H](C2)[C@H]43)s1. The number of carbonyl (C=O) groups is 2. The van der Waals surface area contributed by atoms with Crippen molar-refractivity contribution in [3.63, 3.8) is 0 Å². The van der Waals surface area contributed by atoms with Gasteiger partial charge >= 0.3 is 5.97 Å². The van der Waals surface area contributed by atoms with Gasteiger partial charge in [-0.2, -0.15) is 0 Å². The van der Waals surface area contributed by atoms with E-state index >= 15 is 0 Å². The first kappa shape index (κ1) is 13.2. The number of allylic oxidation sites excluding steroid dienone is 1. The van der Waals surface area contributed by atoms with Crippen LogP contribution in [0.5, 0.6) is 0 Å². The molecule has 1 aromatic heterocycles. The van der Waals surface area contributed by atoms with Gasteiger partial charge in [0.1, 0.15) is 16.7 Å². The van der Waals surface area contributed by atoms with Crippen LogP contribution in [0.15, 0.2) is 14.9 Å². The van der Waals surface area contributed by atoms with Crippen molar-refractivity contribution in [2.75, 3.05) is 6.54 Å². The van der Waals surface area contributed by atoms with E-state index in [0.717, 1.165) is 15.9 Å². The number of thioether (sulfide) groups is 1. The molecule has 9 heteroatoms. The maximum Gasteiger partial charge on any atom is 0.353 e. The molecule has 21 heavy (non-hydrogen) atoms. The molecule has 2 N–H and O–H groups in total. The first-order chi connectivity index (χ1) is 10.1. The summed E-state index contributed by atoms with van der Waals surface area (Å²) in [5.41, 5.74) is 0.124. The lowest BCUT2D eigenvalue weighted by atomic mass is 9.82. The van der Waals surface area contributed by atoms with E-state index in [0.29, 0.717) is 11.3 Å². The first-order valence-corrected chi connectivity index (χ1v) is 8.20. The number of aliphatic carboxylic acids is 1. The van der Waals surface area contributed by atoms with Crippen LogP contribution in [-0.2, 0) is 9.59 Å². The van der Waals surface area contributed by atoms with Crippen molar-refractivity contribution in [3.05, 3.63) is 15.6 Å². The van der Waals surface area contributed by atoms with Gasteiger partial charge in [-0.1, -0.05) is 23.1 Å². The molecule has 0 saturated carbocycles. The summed E-state index contributed by atoms with van der Waals surface area (Å²) in [6.07, 6.45) is 0.670. The number of carboxylic acids is 1. The number of nitrogens with one attached hydrogen (secondary N) is 1. The number of hydrogen-bond acceptors (Lipinski definition) is 7. The van der Waals surface area contributed by atoms with E-state index < -0.39 is 5.97 Å². The fourth-order valence-electron chi connectivity index (χ4n) is 3.26. The maximum atomic E-state index is 12.1. The van der Waals surface area contributed by atoms with Gasteiger partial charge in [0.15, 0.2) is 4.34 Å². The van der Waals surface area contributed by atoms with Gasteiger partial charge in [0.25, 0.3) is 0 Å². The largest absolute Gasteiger partial charge is 0.477 e. The van der Waals surface area contributed by atoms with Crippen molar-refractivity contribution in [2.24, 2.45) is 5.92 Å². The molecule has 0 spiro atoms. The molecular formula is C12H12N4O3S2. The monoisotopic (exact) mass is 324 g/mol. The molecule has 3 aliphatic heterocycles. The van der Waals surface area contributed by atoms with E-state index in [1.54, 1.807) is 0 Å². The van der Waals surface area contributed by atoms with E-state index in [-0.39, 0.29) is 29.6 Å². The Balaban J connectivity index is 1.73. The molecular weight excluding hydrogens is 312 g/mol. The van der Waals surface area contributed by atoms with E-state index in [1.165, 1.54) is 28.0 Å². The topological polar surface area (TPSA) is 95.4 Å². The molecule has 0 aromatic carbocycles. The van der Waals surface area contributed by atoms with Gasteiger partial charge in [-0.15, -0.1) is 10.2 Å². The van der Waals surface area contributed by atoms with Crippen LogP contribution in [0.2, 0.25) is 0 Å². The zero-order chi connectivity index (χ0) is 14.7. The molecule has 110 valence electrons. The molecule has 1 amide bonds. The van der Waals surface area contributed by atoms with Gasteiger partial charge in [-0.3, -0.25) is 9.69 Å². The molecule has 1 aromatic rings. The molecule has 2 fully saturated rings. The number of carbonyl (C=O) groups excluding carboxylic acids is 1. The van der Waals surface area contributed by atoms with Crippen LogP contribution in [0, 0.1) is 12.8 Å². The lowest BCUT2D eigenvalue weighted by Gasteiger charge is -2.48. The van der Waals surface area contributed by atoms with Crippen molar-refractivity contribution in [1.82, 2.24) is 20.4 Å². The first-order valence-electron chi connectivity index (χ1n) is 6.57. The van der Waals surface area contributed by atoms with Crippen molar-refractivity contribution in [3.8, 4) is 0 Å².